The Morgan fingerprint density at radius 3 is 2.16 bits per heavy atom. The third-order valence-electron chi connectivity index (χ3n) is 5.64. The molecule has 2 aliphatic heterocycles. The molecule has 0 bridgehead atoms. The Kier molecular flexibility index (Phi) is 6.11. The van der Waals surface area contributed by atoms with Gasteiger partial charge in [0.15, 0.2) is 0 Å². The van der Waals surface area contributed by atoms with E-state index in [4.69, 9.17) is 11.6 Å². The molecule has 0 aliphatic carbocycles. The molecule has 31 heavy (non-hydrogen) atoms. The van der Waals surface area contributed by atoms with E-state index in [0.29, 0.717) is 18.1 Å². The third-order valence-corrected chi connectivity index (χ3v) is 7.80. The van der Waals surface area contributed by atoms with E-state index < -0.39 is 21.9 Å². The van der Waals surface area contributed by atoms with Gasteiger partial charge in [0.1, 0.15) is 5.82 Å². The average Bonchev–Trinajstić information content (AvgIpc) is 3.04. The summed E-state index contributed by atoms with van der Waals surface area (Å²) in [6.07, 6.45) is 0.0805. The molecule has 10 heteroatoms. The molecule has 2 aromatic rings. The van der Waals surface area contributed by atoms with Crippen LogP contribution in [0.1, 0.15) is 12.0 Å². The summed E-state index contributed by atoms with van der Waals surface area (Å²) in [6, 6.07) is 11.1. The quantitative estimate of drug-likeness (QED) is 0.632. The molecule has 2 aromatic carbocycles. The number of amides is 2. The molecule has 2 fully saturated rings. The first-order chi connectivity index (χ1) is 14.8. The average molecular weight is 466 g/mol. The Morgan fingerprint density at radius 1 is 0.935 bits per heavy atom. The molecule has 1 unspecified atom stereocenters. The van der Waals surface area contributed by atoms with Gasteiger partial charge in [-0.05, 0) is 42.0 Å². The Hall–Kier alpha value is -2.33. The van der Waals surface area contributed by atoms with Crippen molar-refractivity contribution in [1.82, 2.24) is 14.1 Å². The summed E-state index contributed by atoms with van der Waals surface area (Å²) >= 11 is 5.88. The van der Waals surface area contributed by atoms with Crippen LogP contribution in [0, 0.1) is 5.82 Å². The van der Waals surface area contributed by atoms with Gasteiger partial charge in [-0.1, -0.05) is 23.7 Å². The number of carbonyl (C=O) groups excluding carboxylic acids is 2. The van der Waals surface area contributed by atoms with E-state index in [9.17, 15) is 22.4 Å². The summed E-state index contributed by atoms with van der Waals surface area (Å²) in [5.41, 5.74) is 0.807. The van der Waals surface area contributed by atoms with Gasteiger partial charge in [-0.25, -0.2) is 12.8 Å². The fraction of sp³-hybridized carbons (Fsp3) is 0.333. The molecule has 0 spiro atoms. The molecule has 164 valence electrons. The molecule has 7 nitrogen and oxygen atoms in total. The van der Waals surface area contributed by atoms with Crippen molar-refractivity contribution >= 4 is 33.4 Å². The van der Waals surface area contributed by atoms with Crippen molar-refractivity contribution in [2.75, 3.05) is 26.2 Å². The zero-order valence-electron chi connectivity index (χ0n) is 16.6. The molecular weight excluding hydrogens is 445 g/mol. The predicted octanol–water partition coefficient (Wildman–Crippen LogP) is 2.11. The summed E-state index contributed by atoms with van der Waals surface area (Å²) in [6.45, 7) is 1.23. The minimum absolute atomic E-state index is 0.0311. The van der Waals surface area contributed by atoms with E-state index in [1.54, 1.807) is 24.3 Å². The van der Waals surface area contributed by atoms with Crippen molar-refractivity contribution in [2.24, 2.45) is 0 Å². The Balaban J connectivity index is 1.39. The Morgan fingerprint density at radius 2 is 1.55 bits per heavy atom. The number of halogens is 2. The van der Waals surface area contributed by atoms with Gasteiger partial charge in [0.2, 0.25) is 21.8 Å². The zero-order valence-corrected chi connectivity index (χ0v) is 18.2. The molecule has 0 saturated carbocycles. The van der Waals surface area contributed by atoms with Crippen LogP contribution in [0.3, 0.4) is 0 Å². The second-order valence-electron chi connectivity index (χ2n) is 7.56. The number of benzene rings is 2. The highest BCUT2D eigenvalue weighted by Crippen LogP contribution is 2.25. The van der Waals surface area contributed by atoms with Gasteiger partial charge in [-0.2, -0.15) is 4.31 Å². The molecule has 2 amide bonds. The Labute approximate surface area is 185 Å². The first-order valence-corrected chi connectivity index (χ1v) is 11.7. The van der Waals surface area contributed by atoms with Gasteiger partial charge in [0.25, 0.3) is 0 Å². The number of rotatable bonds is 5. The number of imide groups is 1. The van der Waals surface area contributed by atoms with Crippen LogP contribution >= 0.6 is 11.6 Å². The monoisotopic (exact) mass is 465 g/mol. The van der Waals surface area contributed by atoms with Gasteiger partial charge >= 0.3 is 0 Å². The molecule has 0 aromatic heterocycles. The van der Waals surface area contributed by atoms with E-state index >= 15 is 0 Å². The van der Waals surface area contributed by atoms with Crippen LogP contribution in [-0.2, 0) is 26.2 Å². The lowest BCUT2D eigenvalue weighted by atomic mass is 10.2. The van der Waals surface area contributed by atoms with E-state index in [0.717, 1.165) is 17.7 Å². The van der Waals surface area contributed by atoms with Gasteiger partial charge in [-0.3, -0.25) is 19.4 Å². The van der Waals surface area contributed by atoms with Crippen LogP contribution in [0.25, 0.3) is 0 Å². The minimum Gasteiger partial charge on any atom is -0.289 e. The second-order valence-corrected chi connectivity index (χ2v) is 9.93. The smallest absolute Gasteiger partial charge is 0.247 e. The van der Waals surface area contributed by atoms with Crippen molar-refractivity contribution in [2.45, 2.75) is 23.9 Å². The number of sulfonamides is 1. The number of nitrogens with zero attached hydrogens (tertiary/aromatic N) is 3. The van der Waals surface area contributed by atoms with Crippen molar-refractivity contribution in [3.63, 3.8) is 0 Å². The normalized spacial score (nSPS) is 21.1. The highest BCUT2D eigenvalue weighted by atomic mass is 35.5. The summed E-state index contributed by atoms with van der Waals surface area (Å²) in [4.78, 5) is 28.5. The van der Waals surface area contributed by atoms with Gasteiger partial charge in [0.05, 0.1) is 23.9 Å². The lowest BCUT2D eigenvalue weighted by Gasteiger charge is -2.36. The van der Waals surface area contributed by atoms with Crippen LogP contribution in [0.4, 0.5) is 4.39 Å². The maximum atomic E-state index is 13.1. The number of hydrogen-bond donors (Lipinski definition) is 0. The van der Waals surface area contributed by atoms with Crippen LogP contribution in [0.2, 0.25) is 5.02 Å². The highest BCUT2D eigenvalue weighted by molar-refractivity contribution is 7.89. The summed E-state index contributed by atoms with van der Waals surface area (Å²) in [5.74, 6) is -1.02. The first-order valence-electron chi connectivity index (χ1n) is 9.84. The van der Waals surface area contributed by atoms with Gasteiger partial charge in [-0.15, -0.1) is 0 Å². The van der Waals surface area contributed by atoms with Crippen LogP contribution < -0.4 is 0 Å². The maximum Gasteiger partial charge on any atom is 0.247 e. The number of likely N-dealkylation sites (tertiary alicyclic amines) is 1. The molecule has 1 atom stereocenters. The molecule has 0 N–H and O–H groups in total. The molecule has 0 radical (unpaired) electrons. The van der Waals surface area contributed by atoms with Crippen LogP contribution in [0.15, 0.2) is 53.4 Å². The standard InChI is InChI=1S/C21H21ClFN3O4S/c22-16-3-1-15(2-4-16)14-26-20(27)13-19(21(26)28)24-9-11-25(12-10-24)31(29,30)18-7-5-17(23)6-8-18/h1-8,19H,9-14H2. The third kappa shape index (κ3) is 4.50. The summed E-state index contributed by atoms with van der Waals surface area (Å²) in [7, 11) is -3.74. The molecule has 2 saturated heterocycles. The van der Waals surface area contributed by atoms with Gasteiger partial charge in [0, 0.05) is 31.2 Å². The highest BCUT2D eigenvalue weighted by Gasteiger charge is 2.43. The Bertz CT molecular complexity index is 1080. The maximum absolute atomic E-state index is 13.1. The minimum atomic E-state index is -3.74. The fourth-order valence-electron chi connectivity index (χ4n) is 3.90. The van der Waals surface area contributed by atoms with E-state index in [1.807, 2.05) is 4.90 Å². The lowest BCUT2D eigenvalue weighted by molar-refractivity contribution is -0.140. The molecule has 2 aliphatic rings. The topological polar surface area (TPSA) is 78.0 Å². The number of carbonyl (C=O) groups is 2. The van der Waals surface area contributed by atoms with Crippen LogP contribution in [0.5, 0.6) is 0 Å². The van der Waals surface area contributed by atoms with E-state index in [2.05, 4.69) is 0 Å². The molecule has 2 heterocycles. The SMILES string of the molecule is O=C1CC(N2CCN(S(=O)(=O)c3ccc(F)cc3)CC2)C(=O)N1Cc1ccc(Cl)cc1. The number of piperazine rings is 1. The summed E-state index contributed by atoms with van der Waals surface area (Å²) in [5, 5.41) is 0.578. The van der Waals surface area contributed by atoms with Crippen molar-refractivity contribution in [3.8, 4) is 0 Å². The lowest BCUT2D eigenvalue weighted by Crippen LogP contribution is -2.53. The van der Waals surface area contributed by atoms with Gasteiger partial charge < -0.3 is 0 Å². The van der Waals surface area contributed by atoms with Crippen molar-refractivity contribution < 1.29 is 22.4 Å². The van der Waals surface area contributed by atoms with Crippen molar-refractivity contribution in [1.29, 1.82) is 0 Å². The predicted molar refractivity (Wildman–Crippen MR) is 112 cm³/mol. The van der Waals surface area contributed by atoms with E-state index in [-0.39, 0.29) is 42.8 Å². The molecule has 4 rings (SSSR count). The summed E-state index contributed by atoms with van der Waals surface area (Å²) < 4.78 is 40.0. The molecular formula is C21H21ClFN3O4S. The number of hydrogen-bond acceptors (Lipinski definition) is 5. The largest absolute Gasteiger partial charge is 0.289 e. The first kappa shape index (κ1) is 21.9. The second kappa shape index (κ2) is 8.66. The zero-order chi connectivity index (χ0) is 22.2. The van der Waals surface area contributed by atoms with E-state index in [1.165, 1.54) is 21.3 Å². The fourth-order valence-corrected chi connectivity index (χ4v) is 5.45. The van der Waals surface area contributed by atoms with Crippen molar-refractivity contribution in [3.05, 3.63) is 64.9 Å². The van der Waals surface area contributed by atoms with Crippen LogP contribution in [-0.4, -0.2) is 66.6 Å².